The lowest BCUT2D eigenvalue weighted by Crippen LogP contribution is -2.36. The van der Waals surface area contributed by atoms with Crippen LogP contribution in [0.4, 0.5) is 0 Å². The Labute approximate surface area is 168 Å². The van der Waals surface area contributed by atoms with Gasteiger partial charge in [0.1, 0.15) is 4.90 Å². The largest absolute Gasteiger partial charge is 0.355 e. The Morgan fingerprint density at radius 2 is 1.74 bits per heavy atom. The highest BCUT2D eigenvalue weighted by atomic mass is 35.5. The van der Waals surface area contributed by atoms with Crippen molar-refractivity contribution in [2.24, 2.45) is 0 Å². The van der Waals surface area contributed by atoms with E-state index in [1.807, 2.05) is 30.3 Å². The summed E-state index contributed by atoms with van der Waals surface area (Å²) in [5.74, 6) is 0. The van der Waals surface area contributed by atoms with Crippen molar-refractivity contribution in [1.29, 1.82) is 0 Å². The lowest BCUT2D eigenvalue weighted by atomic mass is 9.96. The van der Waals surface area contributed by atoms with Crippen LogP contribution < -0.4 is 4.72 Å². The summed E-state index contributed by atoms with van der Waals surface area (Å²) in [5.41, 5.74) is 2.52. The summed E-state index contributed by atoms with van der Waals surface area (Å²) in [5, 5.41) is 1.85. The van der Waals surface area contributed by atoms with Gasteiger partial charge in [-0.3, -0.25) is 0 Å². The maximum absolute atomic E-state index is 12.9. The van der Waals surface area contributed by atoms with Gasteiger partial charge in [0.15, 0.2) is 0 Å². The van der Waals surface area contributed by atoms with Crippen LogP contribution in [0.15, 0.2) is 47.4 Å². The molecule has 142 valence electrons. The van der Waals surface area contributed by atoms with Crippen LogP contribution in [0.1, 0.15) is 32.1 Å². The summed E-state index contributed by atoms with van der Waals surface area (Å²) in [6.45, 7) is 0. The van der Waals surface area contributed by atoms with Crippen molar-refractivity contribution in [2.45, 2.75) is 43.0 Å². The minimum absolute atomic E-state index is 0.0151. The van der Waals surface area contributed by atoms with Crippen molar-refractivity contribution in [3.63, 3.8) is 0 Å². The molecule has 2 aromatic carbocycles. The average Bonchev–Trinajstić information content (AvgIpc) is 3.05. The molecule has 1 aliphatic carbocycles. The standard InChI is InChI=1S/C20H20Cl2N2O2S/c21-15-7-9-18-14(10-15)11-19(23-18)13-6-8-17(22)20(12-13)27(25,26)24-16-4-2-1-3-5-16/h6-12,16,23-24H,1-5H2. The van der Waals surface area contributed by atoms with E-state index in [1.165, 1.54) is 6.42 Å². The zero-order valence-corrected chi connectivity index (χ0v) is 17.0. The molecule has 1 aromatic heterocycles. The zero-order chi connectivity index (χ0) is 19.0. The van der Waals surface area contributed by atoms with Gasteiger partial charge in [0, 0.05) is 27.7 Å². The van der Waals surface area contributed by atoms with Crippen LogP contribution in [0.25, 0.3) is 22.2 Å². The molecule has 0 atom stereocenters. The van der Waals surface area contributed by atoms with E-state index in [4.69, 9.17) is 23.2 Å². The summed E-state index contributed by atoms with van der Waals surface area (Å²) in [6.07, 6.45) is 5.02. The molecule has 1 heterocycles. The number of aromatic nitrogens is 1. The molecule has 2 N–H and O–H groups in total. The molecule has 0 saturated heterocycles. The van der Waals surface area contributed by atoms with Crippen LogP contribution in [-0.2, 0) is 10.0 Å². The topological polar surface area (TPSA) is 62.0 Å². The first kappa shape index (κ1) is 18.8. The maximum atomic E-state index is 12.9. The molecule has 3 aromatic rings. The third kappa shape index (κ3) is 4.02. The van der Waals surface area contributed by atoms with E-state index in [1.54, 1.807) is 12.1 Å². The number of H-pyrrole nitrogens is 1. The number of hydrogen-bond acceptors (Lipinski definition) is 2. The van der Waals surface area contributed by atoms with Gasteiger partial charge < -0.3 is 4.98 Å². The Morgan fingerprint density at radius 1 is 0.963 bits per heavy atom. The minimum Gasteiger partial charge on any atom is -0.355 e. The summed E-state index contributed by atoms with van der Waals surface area (Å²) in [6, 6.07) is 12.6. The lowest BCUT2D eigenvalue weighted by molar-refractivity contribution is 0.412. The van der Waals surface area contributed by atoms with E-state index >= 15 is 0 Å². The number of halogens is 2. The summed E-state index contributed by atoms with van der Waals surface area (Å²) >= 11 is 12.3. The molecule has 4 rings (SSSR count). The summed E-state index contributed by atoms with van der Waals surface area (Å²) in [7, 11) is -3.67. The number of sulfonamides is 1. The fourth-order valence-corrected chi connectivity index (χ4v) is 5.65. The van der Waals surface area contributed by atoms with Crippen LogP contribution in [0.5, 0.6) is 0 Å². The first-order chi connectivity index (χ1) is 12.9. The Bertz CT molecular complexity index is 1090. The molecule has 27 heavy (non-hydrogen) atoms. The van der Waals surface area contributed by atoms with Gasteiger partial charge in [0.05, 0.1) is 5.02 Å². The number of nitrogens with one attached hydrogen (secondary N) is 2. The Hall–Kier alpha value is -1.53. The van der Waals surface area contributed by atoms with Crippen LogP contribution in [-0.4, -0.2) is 19.4 Å². The quantitative estimate of drug-likeness (QED) is 0.561. The molecule has 4 nitrogen and oxygen atoms in total. The number of aromatic amines is 1. The van der Waals surface area contributed by atoms with Crippen molar-refractivity contribution < 1.29 is 8.42 Å². The first-order valence-corrected chi connectivity index (χ1v) is 11.3. The Balaban J connectivity index is 1.69. The van der Waals surface area contributed by atoms with E-state index in [0.717, 1.165) is 47.8 Å². The number of fused-ring (bicyclic) bond motifs is 1. The Morgan fingerprint density at radius 3 is 2.52 bits per heavy atom. The van der Waals surface area contributed by atoms with Gasteiger partial charge in [-0.05, 0) is 54.8 Å². The molecule has 1 aliphatic rings. The number of hydrogen-bond donors (Lipinski definition) is 2. The van der Waals surface area contributed by atoms with Crippen molar-refractivity contribution in [1.82, 2.24) is 9.71 Å². The molecule has 0 bridgehead atoms. The van der Waals surface area contributed by atoms with E-state index in [-0.39, 0.29) is 16.0 Å². The number of rotatable bonds is 4. The Kier molecular flexibility index (Phi) is 5.21. The molecular weight excluding hydrogens is 403 g/mol. The van der Waals surface area contributed by atoms with Crippen LogP contribution in [0.2, 0.25) is 10.0 Å². The average molecular weight is 423 g/mol. The molecule has 1 fully saturated rings. The van der Waals surface area contributed by atoms with Crippen molar-refractivity contribution in [2.75, 3.05) is 0 Å². The predicted molar refractivity (Wildman–Crippen MR) is 111 cm³/mol. The fourth-order valence-electron chi connectivity index (χ4n) is 3.64. The molecule has 0 radical (unpaired) electrons. The third-order valence-electron chi connectivity index (χ3n) is 5.04. The van der Waals surface area contributed by atoms with Gasteiger partial charge in [0.2, 0.25) is 10.0 Å². The van der Waals surface area contributed by atoms with Gasteiger partial charge in [-0.15, -0.1) is 0 Å². The minimum atomic E-state index is -3.67. The van der Waals surface area contributed by atoms with Crippen molar-refractivity contribution in [3.05, 3.63) is 52.5 Å². The van der Waals surface area contributed by atoms with E-state index in [0.29, 0.717) is 5.02 Å². The normalized spacial score (nSPS) is 16.1. The van der Waals surface area contributed by atoms with Gasteiger partial charge in [0.25, 0.3) is 0 Å². The highest BCUT2D eigenvalue weighted by molar-refractivity contribution is 7.89. The second-order valence-corrected chi connectivity index (χ2v) is 9.54. The smallest absolute Gasteiger partial charge is 0.242 e. The summed E-state index contributed by atoms with van der Waals surface area (Å²) < 4.78 is 28.6. The van der Waals surface area contributed by atoms with Gasteiger partial charge in [-0.25, -0.2) is 13.1 Å². The summed E-state index contributed by atoms with van der Waals surface area (Å²) in [4.78, 5) is 3.42. The maximum Gasteiger partial charge on any atom is 0.242 e. The fraction of sp³-hybridized carbons (Fsp3) is 0.300. The van der Waals surface area contributed by atoms with Crippen molar-refractivity contribution >= 4 is 44.1 Å². The second-order valence-electron chi connectivity index (χ2n) is 7.02. The zero-order valence-electron chi connectivity index (χ0n) is 14.6. The molecule has 0 spiro atoms. The molecule has 0 aliphatic heterocycles. The van der Waals surface area contributed by atoms with E-state index in [2.05, 4.69) is 9.71 Å². The first-order valence-electron chi connectivity index (χ1n) is 9.03. The molecule has 0 amide bonds. The SMILES string of the molecule is O=S(=O)(NC1CCCCC1)c1cc(-c2cc3cc(Cl)ccc3[nH]2)ccc1Cl. The van der Waals surface area contributed by atoms with Gasteiger partial charge in [-0.1, -0.05) is 48.5 Å². The van der Waals surface area contributed by atoms with E-state index in [9.17, 15) is 8.42 Å². The van der Waals surface area contributed by atoms with Crippen LogP contribution in [0.3, 0.4) is 0 Å². The molecular formula is C20H20Cl2N2O2S. The highest BCUT2D eigenvalue weighted by Gasteiger charge is 2.24. The van der Waals surface area contributed by atoms with Gasteiger partial charge >= 0.3 is 0 Å². The third-order valence-corrected chi connectivity index (χ3v) is 7.28. The van der Waals surface area contributed by atoms with Crippen LogP contribution in [0, 0.1) is 0 Å². The predicted octanol–water partition coefficient (Wildman–Crippen LogP) is 5.75. The highest BCUT2D eigenvalue weighted by Crippen LogP contribution is 2.31. The number of benzene rings is 2. The van der Waals surface area contributed by atoms with E-state index < -0.39 is 10.0 Å². The van der Waals surface area contributed by atoms with Gasteiger partial charge in [-0.2, -0.15) is 0 Å². The monoisotopic (exact) mass is 422 g/mol. The lowest BCUT2D eigenvalue weighted by Gasteiger charge is -2.23. The molecule has 0 unspecified atom stereocenters. The molecule has 7 heteroatoms. The molecule has 1 saturated carbocycles. The second kappa shape index (κ2) is 7.47. The van der Waals surface area contributed by atoms with Crippen molar-refractivity contribution in [3.8, 4) is 11.3 Å². The van der Waals surface area contributed by atoms with Crippen LogP contribution >= 0.6 is 23.2 Å².